The fourth-order valence-corrected chi connectivity index (χ4v) is 4.96. The zero-order valence-electron chi connectivity index (χ0n) is 19.1. The summed E-state index contributed by atoms with van der Waals surface area (Å²) < 4.78 is 11.3. The highest BCUT2D eigenvalue weighted by molar-refractivity contribution is 7.10. The second-order valence-corrected chi connectivity index (χ2v) is 9.14. The molecule has 0 saturated carbocycles. The van der Waals surface area contributed by atoms with Gasteiger partial charge in [-0.25, -0.2) is 0 Å². The number of fused-ring (bicyclic) bond motifs is 1. The van der Waals surface area contributed by atoms with E-state index in [1.54, 1.807) is 17.4 Å². The summed E-state index contributed by atoms with van der Waals surface area (Å²) >= 11 is 1.73. The number of hydrogen-bond acceptors (Lipinski definition) is 6. The molecule has 0 aliphatic carbocycles. The molecule has 33 heavy (non-hydrogen) atoms. The van der Waals surface area contributed by atoms with Crippen LogP contribution in [0.25, 0.3) is 0 Å². The number of ether oxygens (including phenoxy) is 2. The van der Waals surface area contributed by atoms with Crippen LogP contribution in [0.15, 0.2) is 48.4 Å². The van der Waals surface area contributed by atoms with Gasteiger partial charge in [0.2, 0.25) is 5.91 Å². The lowest BCUT2D eigenvalue weighted by molar-refractivity contribution is -0.136. The number of aliphatic hydroxyl groups excluding tert-OH is 1. The Hall–Kier alpha value is -2.63. The van der Waals surface area contributed by atoms with Crippen molar-refractivity contribution >= 4 is 17.2 Å². The van der Waals surface area contributed by atoms with E-state index < -0.39 is 6.10 Å². The highest BCUT2D eigenvalue weighted by Crippen LogP contribution is 2.34. The molecule has 3 rings (SSSR count). The number of amides is 1. The average Bonchev–Trinajstić information content (AvgIpc) is 3.27. The molecule has 1 aromatic carbocycles. The molecule has 2 atom stereocenters. The van der Waals surface area contributed by atoms with E-state index >= 15 is 0 Å². The quantitative estimate of drug-likeness (QED) is 0.295. The first-order valence-corrected chi connectivity index (χ1v) is 12.0. The van der Waals surface area contributed by atoms with Gasteiger partial charge in [0.25, 0.3) is 0 Å². The van der Waals surface area contributed by atoms with Crippen LogP contribution in [0.4, 0.5) is 0 Å². The van der Waals surface area contributed by atoms with Crippen molar-refractivity contribution in [2.24, 2.45) is 0 Å². The number of rotatable bonds is 12. The third kappa shape index (κ3) is 7.18. The number of terminal acetylenes is 1. The molecule has 2 heterocycles. The van der Waals surface area contributed by atoms with Crippen molar-refractivity contribution in [3.8, 4) is 18.1 Å². The first-order chi connectivity index (χ1) is 16.0. The van der Waals surface area contributed by atoms with Crippen LogP contribution < -0.4 is 4.74 Å². The first kappa shape index (κ1) is 25.0. The Morgan fingerprint density at radius 1 is 1.48 bits per heavy atom. The maximum absolute atomic E-state index is 13.4. The third-order valence-electron chi connectivity index (χ3n) is 5.52. The summed E-state index contributed by atoms with van der Waals surface area (Å²) in [5.74, 6) is 3.18. The highest BCUT2D eigenvalue weighted by atomic mass is 32.1. The minimum atomic E-state index is -0.739. The number of aryl methyl sites for hydroxylation is 1. The maximum Gasteiger partial charge on any atom is 0.237 e. The molecule has 176 valence electrons. The van der Waals surface area contributed by atoms with E-state index in [0.717, 1.165) is 23.3 Å². The fraction of sp³-hybridized carbons (Fsp3) is 0.423. The van der Waals surface area contributed by atoms with Crippen LogP contribution in [-0.2, 0) is 16.0 Å². The zero-order chi connectivity index (χ0) is 23.6. The molecule has 1 aromatic heterocycles. The van der Waals surface area contributed by atoms with Crippen molar-refractivity contribution in [3.63, 3.8) is 0 Å². The summed E-state index contributed by atoms with van der Waals surface area (Å²) in [6.07, 6.45) is 7.01. The summed E-state index contributed by atoms with van der Waals surface area (Å²) in [5.41, 5.74) is 2.29. The van der Waals surface area contributed by atoms with E-state index in [1.807, 2.05) is 41.0 Å². The molecule has 1 amide bonds. The van der Waals surface area contributed by atoms with Gasteiger partial charge in [0.05, 0.1) is 25.3 Å². The van der Waals surface area contributed by atoms with Crippen LogP contribution in [-0.4, -0.2) is 72.9 Å². The van der Waals surface area contributed by atoms with Crippen LogP contribution >= 0.6 is 11.3 Å². The van der Waals surface area contributed by atoms with Crippen LogP contribution in [0, 0.1) is 19.3 Å². The molecule has 7 heteroatoms. The first-order valence-electron chi connectivity index (χ1n) is 11.1. The molecule has 6 nitrogen and oxygen atoms in total. The number of carbonyl (C=O) groups excluding carboxylic acids is 1. The summed E-state index contributed by atoms with van der Waals surface area (Å²) in [6.45, 7) is 8.09. The van der Waals surface area contributed by atoms with Gasteiger partial charge in [-0.3, -0.25) is 9.69 Å². The Bertz CT molecular complexity index is 967. The molecule has 0 bridgehead atoms. The largest absolute Gasteiger partial charge is 0.491 e. The van der Waals surface area contributed by atoms with Crippen LogP contribution in [0.1, 0.15) is 22.0 Å². The lowest BCUT2D eigenvalue weighted by Gasteiger charge is -2.37. The topological polar surface area (TPSA) is 62.2 Å². The van der Waals surface area contributed by atoms with Crippen LogP contribution in [0.3, 0.4) is 0 Å². The van der Waals surface area contributed by atoms with E-state index in [0.29, 0.717) is 26.2 Å². The summed E-state index contributed by atoms with van der Waals surface area (Å²) in [6, 6.07) is 9.88. The Balaban J connectivity index is 1.68. The molecular weight excluding hydrogens is 436 g/mol. The van der Waals surface area contributed by atoms with Gasteiger partial charge in [-0.05, 0) is 48.1 Å². The predicted octanol–water partition coefficient (Wildman–Crippen LogP) is 3.06. The van der Waals surface area contributed by atoms with Crippen molar-refractivity contribution in [1.29, 1.82) is 0 Å². The monoisotopic (exact) mass is 468 g/mol. The zero-order valence-corrected chi connectivity index (χ0v) is 19.9. The minimum absolute atomic E-state index is 0.00304. The van der Waals surface area contributed by atoms with Crippen LogP contribution in [0.2, 0.25) is 0 Å². The number of thiophene rings is 1. The Morgan fingerprint density at radius 2 is 2.33 bits per heavy atom. The van der Waals surface area contributed by atoms with Gasteiger partial charge in [0.15, 0.2) is 0 Å². The number of aliphatic hydroxyl groups is 1. The normalized spacial score (nSPS) is 16.2. The maximum atomic E-state index is 13.4. The van der Waals surface area contributed by atoms with E-state index in [-0.39, 0.29) is 31.7 Å². The molecule has 1 N–H and O–H groups in total. The molecule has 2 aromatic rings. The third-order valence-corrected chi connectivity index (χ3v) is 6.52. The number of benzene rings is 1. The van der Waals surface area contributed by atoms with Gasteiger partial charge in [-0.15, -0.1) is 24.3 Å². The van der Waals surface area contributed by atoms with Gasteiger partial charge in [-0.2, -0.15) is 0 Å². The minimum Gasteiger partial charge on any atom is -0.491 e. The Kier molecular flexibility index (Phi) is 9.52. The number of nitrogens with zero attached hydrogens (tertiary/aromatic N) is 2. The SMILES string of the molecule is C#CCOC[C@H](O)CN(CC=C)CC(=O)N1CCc2sccc2[C@H]1COc1cccc(C)c1. The summed E-state index contributed by atoms with van der Waals surface area (Å²) in [5, 5.41) is 12.3. The van der Waals surface area contributed by atoms with Gasteiger partial charge in [0.1, 0.15) is 19.0 Å². The molecule has 0 radical (unpaired) electrons. The number of carbonyl (C=O) groups is 1. The fourth-order valence-electron chi connectivity index (χ4n) is 4.03. The lowest BCUT2D eigenvalue weighted by Crippen LogP contribution is -2.48. The van der Waals surface area contributed by atoms with E-state index in [4.69, 9.17) is 15.9 Å². The summed E-state index contributed by atoms with van der Waals surface area (Å²) in [4.78, 5) is 18.5. The molecule has 0 unspecified atom stereocenters. The molecular formula is C26H32N2O4S. The smallest absolute Gasteiger partial charge is 0.237 e. The average molecular weight is 469 g/mol. The van der Waals surface area contributed by atoms with Crippen LogP contribution in [0.5, 0.6) is 5.75 Å². The number of hydrogen-bond donors (Lipinski definition) is 1. The Labute approximate surface area is 200 Å². The molecule has 0 spiro atoms. The van der Waals surface area contributed by atoms with Crippen molar-refractivity contribution in [1.82, 2.24) is 9.80 Å². The Morgan fingerprint density at radius 3 is 3.09 bits per heavy atom. The van der Waals surface area contributed by atoms with Crippen molar-refractivity contribution in [2.75, 3.05) is 46.0 Å². The van der Waals surface area contributed by atoms with Crippen molar-refractivity contribution in [3.05, 3.63) is 64.4 Å². The van der Waals surface area contributed by atoms with E-state index in [2.05, 4.69) is 23.9 Å². The van der Waals surface area contributed by atoms with E-state index in [9.17, 15) is 9.90 Å². The van der Waals surface area contributed by atoms with Crippen molar-refractivity contribution < 1.29 is 19.4 Å². The van der Waals surface area contributed by atoms with E-state index in [1.165, 1.54) is 4.88 Å². The molecule has 0 fully saturated rings. The molecule has 1 aliphatic rings. The molecule has 0 saturated heterocycles. The van der Waals surface area contributed by atoms with Gasteiger partial charge < -0.3 is 19.5 Å². The lowest BCUT2D eigenvalue weighted by atomic mass is 10.0. The standard InChI is InChI=1S/C26H32N2O4S/c1-4-11-27(16-21(29)18-31-13-5-2)17-26(30)28-12-9-25-23(10-14-33-25)24(28)19-32-22-8-6-7-20(3)15-22/h2,4,6-8,10,14-15,21,24,29H,1,9,11-13,16-19H2,3H3/t21-,24-/m1/s1. The molecule has 1 aliphatic heterocycles. The predicted molar refractivity (Wildman–Crippen MR) is 131 cm³/mol. The second-order valence-electron chi connectivity index (χ2n) is 8.14. The van der Waals surface area contributed by atoms with Crippen molar-refractivity contribution in [2.45, 2.75) is 25.5 Å². The highest BCUT2D eigenvalue weighted by Gasteiger charge is 2.33. The summed E-state index contributed by atoms with van der Waals surface area (Å²) in [7, 11) is 0. The van der Waals surface area contributed by atoms with Gasteiger partial charge >= 0.3 is 0 Å². The second kappa shape index (κ2) is 12.6. The van der Waals surface area contributed by atoms with Gasteiger partial charge in [0, 0.05) is 24.5 Å². The van der Waals surface area contributed by atoms with Gasteiger partial charge in [-0.1, -0.05) is 24.1 Å².